The molecule has 0 fully saturated rings. The van der Waals surface area contributed by atoms with Crippen LogP contribution in [0.4, 0.5) is 0 Å². The Balaban J connectivity index is -0.0000000630. The van der Waals surface area contributed by atoms with Gasteiger partial charge in [-0.2, -0.15) is 24.3 Å². The molecule has 0 aromatic heterocycles. The second kappa shape index (κ2) is 41.9. The molecule has 32 heavy (non-hydrogen) atoms. The van der Waals surface area contributed by atoms with Crippen LogP contribution in [0.25, 0.3) is 0 Å². The predicted octanol–water partition coefficient (Wildman–Crippen LogP) is 1.04. The molecule has 178 valence electrons. The summed E-state index contributed by atoms with van der Waals surface area (Å²) in [5.41, 5.74) is 2.55. The Hall–Kier alpha value is 0.674. The Bertz CT molecular complexity index is 511. The first-order valence-electron chi connectivity index (χ1n) is 10.0. The van der Waals surface area contributed by atoms with E-state index in [2.05, 4.69) is 101 Å². The van der Waals surface area contributed by atoms with Crippen molar-refractivity contribution in [3.63, 3.8) is 0 Å². The third kappa shape index (κ3) is 44.4. The molecule has 0 aliphatic heterocycles. The van der Waals surface area contributed by atoms with E-state index in [1.165, 1.54) is 11.1 Å². The van der Waals surface area contributed by atoms with Crippen LogP contribution in [-0.2, 0) is 51.7 Å². The third-order valence-corrected chi connectivity index (χ3v) is 2.90. The summed E-state index contributed by atoms with van der Waals surface area (Å²) in [6.45, 7) is 13.0. The molecule has 0 unspecified atom stereocenters. The van der Waals surface area contributed by atoms with Gasteiger partial charge in [0.25, 0.3) is 0 Å². The quantitative estimate of drug-likeness (QED) is 0.253. The zero-order valence-electron chi connectivity index (χ0n) is 20.5. The molecule has 0 spiro atoms. The van der Waals surface area contributed by atoms with Gasteiger partial charge in [-0.1, -0.05) is 40.0 Å². The van der Waals surface area contributed by atoms with E-state index in [0.717, 1.165) is 44.7 Å². The molecule has 0 saturated carbocycles. The minimum absolute atomic E-state index is 0. The van der Waals surface area contributed by atoms with Crippen LogP contribution in [0.15, 0.2) is 71.9 Å². The number of hydrogen-bond acceptors (Lipinski definition) is 0. The smallest absolute Gasteiger partial charge is 0.0213 e. The first kappa shape index (κ1) is 46.1. The van der Waals surface area contributed by atoms with Crippen LogP contribution in [0.3, 0.4) is 0 Å². The van der Waals surface area contributed by atoms with Gasteiger partial charge in [0.1, 0.15) is 0 Å². The SMILES string of the molecule is CC1=[C-]CC=C1.CC1=[C-]CC=C1.C[SiH]C.C[SiH]C.[C-]1=CC=CC1.[C-]1=CC=CC1.[Cl-].[Cl-].[Hf].[Hf]. The van der Waals surface area contributed by atoms with Crippen LogP contribution in [0.2, 0.25) is 26.2 Å². The topological polar surface area (TPSA) is 0 Å². The summed E-state index contributed by atoms with van der Waals surface area (Å²) < 4.78 is 0. The summed E-state index contributed by atoms with van der Waals surface area (Å²) in [5.74, 6) is 0. The summed E-state index contributed by atoms with van der Waals surface area (Å²) >= 11 is 0. The normalized spacial score (nSPS) is 13.6. The van der Waals surface area contributed by atoms with Crippen molar-refractivity contribution in [2.24, 2.45) is 0 Å². The zero-order chi connectivity index (χ0) is 21.3. The van der Waals surface area contributed by atoms with Crippen molar-refractivity contribution in [3.05, 3.63) is 96.2 Å². The monoisotopic (exact) mass is 836 g/mol. The average Bonchev–Trinajstić information content (AvgIpc) is 3.47. The Morgan fingerprint density at radius 2 is 0.906 bits per heavy atom. The van der Waals surface area contributed by atoms with Crippen LogP contribution < -0.4 is 24.8 Å². The first-order chi connectivity index (χ1) is 13.6. The fourth-order valence-electron chi connectivity index (χ4n) is 1.71. The van der Waals surface area contributed by atoms with Crippen LogP contribution in [0, 0.1) is 24.3 Å². The van der Waals surface area contributed by atoms with E-state index in [4.69, 9.17) is 0 Å². The maximum absolute atomic E-state index is 3.12. The van der Waals surface area contributed by atoms with Crippen molar-refractivity contribution in [3.8, 4) is 0 Å². The van der Waals surface area contributed by atoms with Gasteiger partial charge in [0.15, 0.2) is 0 Å². The fourth-order valence-corrected chi connectivity index (χ4v) is 1.71. The largest absolute Gasteiger partial charge is 1.00 e. The van der Waals surface area contributed by atoms with Crippen LogP contribution in [0.1, 0.15) is 39.5 Å². The molecule has 0 amide bonds. The van der Waals surface area contributed by atoms with E-state index < -0.39 is 0 Å². The number of rotatable bonds is 0. The number of allylic oxidation sites excluding steroid dienone is 16. The molecule has 2 radical (unpaired) electrons. The molecule has 0 bridgehead atoms. The summed E-state index contributed by atoms with van der Waals surface area (Å²) in [5, 5.41) is 0. The molecule has 0 saturated heterocycles. The molecule has 0 N–H and O–H groups in total. The van der Waals surface area contributed by atoms with E-state index >= 15 is 0 Å². The second-order valence-electron chi connectivity index (χ2n) is 6.09. The van der Waals surface area contributed by atoms with Gasteiger partial charge in [-0.05, 0) is 0 Å². The van der Waals surface area contributed by atoms with Crippen molar-refractivity contribution in [1.82, 2.24) is 0 Å². The van der Waals surface area contributed by atoms with Crippen molar-refractivity contribution in [2.45, 2.75) is 65.7 Å². The molecule has 0 aromatic carbocycles. The van der Waals surface area contributed by atoms with Gasteiger partial charge in [0.2, 0.25) is 0 Å². The summed E-state index contributed by atoms with van der Waals surface area (Å²) in [6.07, 6.45) is 36.7. The van der Waals surface area contributed by atoms with E-state index in [-0.39, 0.29) is 76.5 Å². The van der Waals surface area contributed by atoms with Crippen LogP contribution in [0.5, 0.6) is 0 Å². The van der Waals surface area contributed by atoms with Gasteiger partial charge < -0.3 is 24.8 Å². The molecule has 6 heteroatoms. The number of hydrogen-bond donors (Lipinski definition) is 0. The van der Waals surface area contributed by atoms with Crippen LogP contribution in [-0.4, -0.2) is 19.0 Å². The van der Waals surface area contributed by atoms with Gasteiger partial charge in [0, 0.05) is 70.7 Å². The van der Waals surface area contributed by atoms with Gasteiger partial charge in [-0.3, -0.25) is 24.3 Å². The Morgan fingerprint density at radius 3 is 0.969 bits per heavy atom. The molecular weight excluding hydrogens is 796 g/mol. The zero-order valence-corrected chi connectivity index (χ0v) is 31.5. The number of halogens is 2. The Labute approximate surface area is 255 Å². The molecule has 4 aliphatic carbocycles. The molecule has 4 rings (SSSR count). The average molecular weight is 835 g/mol. The van der Waals surface area contributed by atoms with E-state index in [1.54, 1.807) is 0 Å². The van der Waals surface area contributed by atoms with Crippen molar-refractivity contribution >= 4 is 19.0 Å². The van der Waals surface area contributed by atoms with E-state index in [9.17, 15) is 0 Å². The summed E-state index contributed by atoms with van der Waals surface area (Å²) in [4.78, 5) is 0. The van der Waals surface area contributed by atoms with Crippen LogP contribution >= 0.6 is 0 Å². The van der Waals surface area contributed by atoms with E-state index in [0.29, 0.717) is 0 Å². The van der Waals surface area contributed by atoms with Gasteiger partial charge >= 0.3 is 0 Å². The summed E-state index contributed by atoms with van der Waals surface area (Å²) in [7, 11) is 1.50. The molecule has 0 nitrogen and oxygen atoms in total. The maximum Gasteiger partial charge on any atom is 0.0213 e. The van der Waals surface area contributed by atoms with Gasteiger partial charge in [-0.25, -0.2) is 47.6 Å². The van der Waals surface area contributed by atoms with Gasteiger partial charge in [-0.15, -0.1) is 25.7 Å². The predicted molar refractivity (Wildman–Crippen MR) is 133 cm³/mol. The fraction of sp³-hybridized carbons (Fsp3) is 0.385. The molecule has 4 aliphatic rings. The second-order valence-corrected chi connectivity index (χ2v) is 8.40. The van der Waals surface area contributed by atoms with Crippen molar-refractivity contribution in [1.29, 1.82) is 0 Å². The van der Waals surface area contributed by atoms with Crippen molar-refractivity contribution < 1.29 is 76.5 Å². The minimum atomic E-state index is 0. The maximum atomic E-state index is 3.12. The minimum Gasteiger partial charge on any atom is -1.00 e. The third-order valence-electron chi connectivity index (χ3n) is 2.90. The standard InChI is InChI=1S/2C6H7.2C5H5.2C2H7Si.2ClH.2Hf/c2*1-6-4-2-3-5-6;2*1-2-4-5-3-1;2*1-3-2;;;;/h2*2,4H,3H2,1H3;2*1-3H,4H2;2*3H,1-2H3;2*1H;;/q4*-1;;;;;;/p-2. The molecule has 0 atom stereocenters. The summed E-state index contributed by atoms with van der Waals surface area (Å²) in [6, 6.07) is 0. The van der Waals surface area contributed by atoms with Crippen molar-refractivity contribution in [2.75, 3.05) is 0 Å². The first-order valence-corrected chi connectivity index (χ1v) is 14.6. The van der Waals surface area contributed by atoms with Gasteiger partial charge in [0.05, 0.1) is 0 Å². The Morgan fingerprint density at radius 1 is 0.594 bits per heavy atom. The molecule has 0 aromatic rings. The van der Waals surface area contributed by atoms with E-state index in [1.807, 2.05) is 24.3 Å². The molecule has 0 heterocycles. The Kier molecular flexibility index (Phi) is 60.3. The molecular formula is C26H38Cl2Hf2Si2-6.